The van der Waals surface area contributed by atoms with Gasteiger partial charge in [0.25, 0.3) is 5.91 Å². The molecule has 0 aliphatic carbocycles. The highest BCUT2D eigenvalue weighted by atomic mass is 16.1. The summed E-state index contributed by atoms with van der Waals surface area (Å²) in [4.78, 5) is 16.5. The van der Waals surface area contributed by atoms with Crippen LogP contribution in [0.15, 0.2) is 48.8 Å². The maximum Gasteiger partial charge on any atom is 0.271 e. The van der Waals surface area contributed by atoms with Crippen molar-refractivity contribution in [2.75, 3.05) is 0 Å². The highest BCUT2D eigenvalue weighted by Crippen LogP contribution is 2.08. The Hall–Kier alpha value is -2.62. The van der Waals surface area contributed by atoms with E-state index in [9.17, 15) is 4.79 Å². The fraction of sp³-hybridized carbons (Fsp3) is 0.176. The van der Waals surface area contributed by atoms with Crippen LogP contribution < -0.4 is 5.32 Å². The first-order valence-corrected chi connectivity index (χ1v) is 6.91. The highest BCUT2D eigenvalue weighted by molar-refractivity contribution is 5.92. The molecule has 4 nitrogen and oxygen atoms in total. The Labute approximate surface area is 123 Å². The van der Waals surface area contributed by atoms with Crippen LogP contribution >= 0.6 is 0 Å². The Bertz CT molecular complexity index is 805. The third kappa shape index (κ3) is 2.94. The molecule has 0 spiro atoms. The van der Waals surface area contributed by atoms with Crippen LogP contribution in [0.3, 0.4) is 0 Å². The molecule has 2 heterocycles. The van der Waals surface area contributed by atoms with Crippen LogP contribution in [0.25, 0.3) is 5.65 Å². The van der Waals surface area contributed by atoms with Gasteiger partial charge in [-0.15, -0.1) is 0 Å². The summed E-state index contributed by atoms with van der Waals surface area (Å²) in [6.45, 7) is 4.55. The van der Waals surface area contributed by atoms with E-state index in [0.717, 1.165) is 16.8 Å². The molecule has 106 valence electrons. The molecule has 21 heavy (non-hydrogen) atoms. The Balaban J connectivity index is 1.74. The first-order valence-electron chi connectivity index (χ1n) is 6.91. The largest absolute Gasteiger partial charge is 0.347 e. The van der Waals surface area contributed by atoms with Gasteiger partial charge in [-0.05, 0) is 37.1 Å². The minimum absolute atomic E-state index is 0.155. The topological polar surface area (TPSA) is 46.4 Å². The van der Waals surface area contributed by atoms with Crippen molar-refractivity contribution in [3.05, 3.63) is 71.2 Å². The minimum Gasteiger partial charge on any atom is -0.347 e. The molecule has 4 heteroatoms. The molecule has 1 aromatic carbocycles. The van der Waals surface area contributed by atoms with E-state index < -0.39 is 0 Å². The summed E-state index contributed by atoms with van der Waals surface area (Å²) in [7, 11) is 0. The van der Waals surface area contributed by atoms with Gasteiger partial charge in [0.05, 0.1) is 0 Å². The summed E-state index contributed by atoms with van der Waals surface area (Å²) in [5.74, 6) is -0.155. The van der Waals surface area contributed by atoms with Gasteiger partial charge in [0, 0.05) is 18.9 Å². The molecule has 0 bridgehead atoms. The molecule has 1 amide bonds. The molecule has 0 unspecified atom stereocenters. The van der Waals surface area contributed by atoms with Crippen molar-refractivity contribution >= 4 is 11.6 Å². The molecule has 3 aromatic rings. The lowest BCUT2D eigenvalue weighted by Crippen LogP contribution is -2.23. The van der Waals surface area contributed by atoms with Crippen LogP contribution in [0.4, 0.5) is 0 Å². The number of imidazole rings is 1. The number of benzene rings is 1. The summed E-state index contributed by atoms with van der Waals surface area (Å²) in [6, 6.07) is 12.0. The van der Waals surface area contributed by atoms with Gasteiger partial charge in [-0.25, -0.2) is 4.98 Å². The van der Waals surface area contributed by atoms with E-state index in [4.69, 9.17) is 0 Å². The average Bonchev–Trinajstić information content (AvgIpc) is 2.88. The van der Waals surface area contributed by atoms with Crippen LogP contribution in [-0.4, -0.2) is 15.3 Å². The maximum atomic E-state index is 12.2. The van der Waals surface area contributed by atoms with Crippen LogP contribution in [0.5, 0.6) is 0 Å². The van der Waals surface area contributed by atoms with Crippen LogP contribution in [-0.2, 0) is 6.54 Å². The molecule has 0 aliphatic rings. The molecule has 0 saturated heterocycles. The summed E-state index contributed by atoms with van der Waals surface area (Å²) in [6.07, 6.45) is 3.66. The lowest BCUT2D eigenvalue weighted by atomic mass is 10.1. The first-order chi connectivity index (χ1) is 10.1. The van der Waals surface area contributed by atoms with Gasteiger partial charge in [0.2, 0.25) is 0 Å². The Kier molecular flexibility index (Phi) is 3.44. The monoisotopic (exact) mass is 279 g/mol. The average molecular weight is 279 g/mol. The van der Waals surface area contributed by atoms with E-state index in [-0.39, 0.29) is 5.91 Å². The van der Waals surface area contributed by atoms with Gasteiger partial charge in [0.15, 0.2) is 0 Å². The number of pyridine rings is 1. The van der Waals surface area contributed by atoms with E-state index in [2.05, 4.69) is 16.4 Å². The van der Waals surface area contributed by atoms with Crippen molar-refractivity contribution in [1.82, 2.24) is 14.7 Å². The lowest BCUT2D eigenvalue weighted by Gasteiger charge is -2.04. The number of aryl methyl sites for hydroxylation is 2. The number of rotatable bonds is 3. The standard InChI is InChI=1S/C17H17N3O/c1-12-4-3-5-14(8-12)10-18-17(21)15-11-20-7-6-13(2)9-16(20)19-15/h3-9,11H,10H2,1-2H3,(H,18,21). The first kappa shape index (κ1) is 13.4. The number of hydrogen-bond donors (Lipinski definition) is 1. The Morgan fingerprint density at radius 1 is 1.19 bits per heavy atom. The Morgan fingerprint density at radius 2 is 2.00 bits per heavy atom. The van der Waals surface area contributed by atoms with Gasteiger partial charge < -0.3 is 9.72 Å². The molecular weight excluding hydrogens is 262 g/mol. The van der Waals surface area contributed by atoms with E-state index in [1.165, 1.54) is 5.56 Å². The number of carbonyl (C=O) groups excluding carboxylic acids is 1. The molecular formula is C17H17N3O. The smallest absolute Gasteiger partial charge is 0.271 e. The fourth-order valence-electron chi connectivity index (χ4n) is 2.29. The van der Waals surface area contributed by atoms with Gasteiger partial charge in [0.1, 0.15) is 11.3 Å². The number of aromatic nitrogens is 2. The zero-order valence-electron chi connectivity index (χ0n) is 12.1. The number of hydrogen-bond acceptors (Lipinski definition) is 2. The van der Waals surface area contributed by atoms with Gasteiger partial charge >= 0.3 is 0 Å². The summed E-state index contributed by atoms with van der Waals surface area (Å²) >= 11 is 0. The van der Waals surface area contributed by atoms with E-state index in [1.807, 2.05) is 54.8 Å². The number of nitrogens with zero attached hydrogens (tertiary/aromatic N) is 2. The van der Waals surface area contributed by atoms with E-state index in [0.29, 0.717) is 12.2 Å². The lowest BCUT2D eigenvalue weighted by molar-refractivity contribution is 0.0946. The maximum absolute atomic E-state index is 12.2. The van der Waals surface area contributed by atoms with E-state index >= 15 is 0 Å². The highest BCUT2D eigenvalue weighted by Gasteiger charge is 2.10. The quantitative estimate of drug-likeness (QED) is 0.801. The summed E-state index contributed by atoms with van der Waals surface area (Å²) < 4.78 is 1.86. The van der Waals surface area contributed by atoms with Crippen molar-refractivity contribution in [3.8, 4) is 0 Å². The van der Waals surface area contributed by atoms with Gasteiger partial charge in [-0.3, -0.25) is 4.79 Å². The van der Waals surface area contributed by atoms with Gasteiger partial charge in [-0.2, -0.15) is 0 Å². The van der Waals surface area contributed by atoms with Crippen molar-refractivity contribution in [2.45, 2.75) is 20.4 Å². The number of nitrogens with one attached hydrogen (secondary N) is 1. The SMILES string of the molecule is Cc1cccc(CNC(=O)c2cn3ccc(C)cc3n2)c1. The second-order valence-electron chi connectivity index (χ2n) is 5.27. The fourth-order valence-corrected chi connectivity index (χ4v) is 2.29. The number of carbonyl (C=O) groups is 1. The van der Waals surface area contributed by atoms with Crippen molar-refractivity contribution in [3.63, 3.8) is 0 Å². The molecule has 2 aromatic heterocycles. The number of amides is 1. The van der Waals surface area contributed by atoms with Gasteiger partial charge in [-0.1, -0.05) is 29.8 Å². The van der Waals surface area contributed by atoms with Crippen molar-refractivity contribution in [1.29, 1.82) is 0 Å². The second-order valence-corrected chi connectivity index (χ2v) is 5.27. The third-order valence-electron chi connectivity index (χ3n) is 3.38. The normalized spacial score (nSPS) is 10.8. The Morgan fingerprint density at radius 3 is 2.81 bits per heavy atom. The summed E-state index contributed by atoms with van der Waals surface area (Å²) in [5, 5.41) is 2.90. The second kappa shape index (κ2) is 5.40. The van der Waals surface area contributed by atoms with Crippen molar-refractivity contribution in [2.24, 2.45) is 0 Å². The number of fused-ring (bicyclic) bond motifs is 1. The molecule has 0 aliphatic heterocycles. The molecule has 0 atom stereocenters. The zero-order valence-corrected chi connectivity index (χ0v) is 12.1. The minimum atomic E-state index is -0.155. The molecule has 0 radical (unpaired) electrons. The molecule has 1 N–H and O–H groups in total. The molecule has 0 fully saturated rings. The third-order valence-corrected chi connectivity index (χ3v) is 3.38. The molecule has 3 rings (SSSR count). The van der Waals surface area contributed by atoms with Crippen LogP contribution in [0.1, 0.15) is 27.2 Å². The van der Waals surface area contributed by atoms with Crippen molar-refractivity contribution < 1.29 is 4.79 Å². The molecule has 0 saturated carbocycles. The predicted molar refractivity (Wildman–Crippen MR) is 82.3 cm³/mol. The predicted octanol–water partition coefficient (Wildman–Crippen LogP) is 2.88. The van der Waals surface area contributed by atoms with Crippen LogP contribution in [0, 0.1) is 13.8 Å². The van der Waals surface area contributed by atoms with E-state index in [1.54, 1.807) is 6.20 Å². The summed E-state index contributed by atoms with van der Waals surface area (Å²) in [5.41, 5.74) is 4.62. The van der Waals surface area contributed by atoms with Crippen LogP contribution in [0.2, 0.25) is 0 Å². The zero-order chi connectivity index (χ0) is 14.8.